The summed E-state index contributed by atoms with van der Waals surface area (Å²) in [5.74, 6) is -0.394. The Balaban J connectivity index is 1.40. The van der Waals surface area contributed by atoms with Crippen molar-refractivity contribution in [3.63, 3.8) is 0 Å². The second-order valence-electron chi connectivity index (χ2n) is 6.95. The van der Waals surface area contributed by atoms with Gasteiger partial charge in [-0.25, -0.2) is 0 Å². The van der Waals surface area contributed by atoms with Gasteiger partial charge in [-0.05, 0) is 31.0 Å². The molecule has 1 heterocycles. The second-order valence-corrected chi connectivity index (χ2v) is 7.36. The predicted octanol–water partition coefficient (Wildman–Crippen LogP) is 3.83. The SMILES string of the molecule is O=C(NCCCCN1CCOC(c2ccccc2)C1)c1cc([N+](=O)[O-])ccc1Cl. The third-order valence-electron chi connectivity index (χ3n) is 4.91. The van der Waals surface area contributed by atoms with Gasteiger partial charge in [0, 0.05) is 31.8 Å². The van der Waals surface area contributed by atoms with Gasteiger partial charge in [0.25, 0.3) is 11.6 Å². The number of carbonyl (C=O) groups excluding carboxylic acids is 1. The summed E-state index contributed by atoms with van der Waals surface area (Å²) in [7, 11) is 0. The fourth-order valence-corrected chi connectivity index (χ4v) is 3.54. The lowest BCUT2D eigenvalue weighted by Crippen LogP contribution is -2.39. The highest BCUT2D eigenvalue weighted by atomic mass is 35.5. The molecule has 1 fully saturated rings. The first-order chi connectivity index (χ1) is 14.0. The molecule has 1 atom stereocenters. The van der Waals surface area contributed by atoms with Gasteiger partial charge in [0.15, 0.2) is 0 Å². The summed E-state index contributed by atoms with van der Waals surface area (Å²) in [5, 5.41) is 13.9. The number of nitrogens with one attached hydrogen (secondary N) is 1. The normalized spacial score (nSPS) is 17.1. The predicted molar refractivity (Wildman–Crippen MR) is 111 cm³/mol. The van der Waals surface area contributed by atoms with Crippen molar-refractivity contribution in [2.45, 2.75) is 18.9 Å². The minimum absolute atomic E-state index is 0.0978. The number of amides is 1. The van der Waals surface area contributed by atoms with Gasteiger partial charge in [0.2, 0.25) is 0 Å². The van der Waals surface area contributed by atoms with Crippen LogP contribution in [0.25, 0.3) is 0 Å². The van der Waals surface area contributed by atoms with E-state index in [1.54, 1.807) is 0 Å². The number of unbranched alkanes of at least 4 members (excludes halogenated alkanes) is 1. The van der Waals surface area contributed by atoms with Crippen LogP contribution in [-0.4, -0.2) is 48.5 Å². The average molecular weight is 418 g/mol. The quantitative estimate of drug-likeness (QED) is 0.401. The topological polar surface area (TPSA) is 84.7 Å². The van der Waals surface area contributed by atoms with Crippen molar-refractivity contribution in [1.29, 1.82) is 0 Å². The van der Waals surface area contributed by atoms with Crippen LogP contribution in [0.5, 0.6) is 0 Å². The molecule has 7 nitrogen and oxygen atoms in total. The highest BCUT2D eigenvalue weighted by Crippen LogP contribution is 2.23. The van der Waals surface area contributed by atoms with Crippen LogP contribution in [-0.2, 0) is 4.74 Å². The van der Waals surface area contributed by atoms with E-state index in [-0.39, 0.29) is 22.4 Å². The van der Waals surface area contributed by atoms with Crippen LogP contribution in [0, 0.1) is 10.1 Å². The standard InChI is InChI=1S/C21H24ClN3O4/c22-19-9-8-17(25(27)28)14-18(19)21(26)23-10-4-5-11-24-12-13-29-20(15-24)16-6-2-1-3-7-16/h1-3,6-9,14,20H,4-5,10-13,15H2,(H,23,26). The van der Waals surface area contributed by atoms with Crippen LogP contribution >= 0.6 is 11.6 Å². The first kappa shape index (κ1) is 21.2. The van der Waals surface area contributed by atoms with Crippen LogP contribution in [0.1, 0.15) is 34.9 Å². The van der Waals surface area contributed by atoms with Crippen LogP contribution < -0.4 is 5.32 Å². The van der Waals surface area contributed by atoms with Crippen molar-refractivity contribution in [3.8, 4) is 0 Å². The van der Waals surface area contributed by atoms with E-state index in [4.69, 9.17) is 16.3 Å². The monoisotopic (exact) mass is 417 g/mol. The van der Waals surface area contributed by atoms with Crippen molar-refractivity contribution >= 4 is 23.2 Å². The zero-order valence-corrected chi connectivity index (χ0v) is 16.8. The van der Waals surface area contributed by atoms with E-state index < -0.39 is 10.8 Å². The van der Waals surface area contributed by atoms with Gasteiger partial charge in [-0.15, -0.1) is 0 Å². The van der Waals surface area contributed by atoms with Crippen molar-refractivity contribution in [1.82, 2.24) is 10.2 Å². The molecule has 3 rings (SSSR count). The molecule has 0 radical (unpaired) electrons. The van der Waals surface area contributed by atoms with Gasteiger partial charge in [-0.1, -0.05) is 41.9 Å². The summed E-state index contributed by atoms with van der Waals surface area (Å²) in [4.78, 5) is 25.0. The van der Waals surface area contributed by atoms with Crippen molar-refractivity contribution in [2.24, 2.45) is 0 Å². The van der Waals surface area contributed by atoms with Crippen molar-refractivity contribution in [2.75, 3.05) is 32.8 Å². The zero-order chi connectivity index (χ0) is 20.6. The Morgan fingerprint density at radius 1 is 1.24 bits per heavy atom. The largest absolute Gasteiger partial charge is 0.371 e. The number of hydrogen-bond donors (Lipinski definition) is 1. The van der Waals surface area contributed by atoms with Crippen LogP contribution in [0.2, 0.25) is 5.02 Å². The van der Waals surface area contributed by atoms with Gasteiger partial charge < -0.3 is 10.1 Å². The molecule has 1 aliphatic rings. The number of benzene rings is 2. The fraction of sp³-hybridized carbons (Fsp3) is 0.381. The van der Waals surface area contributed by atoms with Gasteiger partial charge in [0.1, 0.15) is 0 Å². The molecule has 29 heavy (non-hydrogen) atoms. The molecule has 0 aliphatic carbocycles. The molecule has 1 unspecified atom stereocenters. The van der Waals surface area contributed by atoms with E-state index in [0.29, 0.717) is 13.2 Å². The van der Waals surface area contributed by atoms with Crippen LogP contribution in [0.3, 0.4) is 0 Å². The van der Waals surface area contributed by atoms with E-state index in [2.05, 4.69) is 22.3 Å². The van der Waals surface area contributed by atoms with E-state index >= 15 is 0 Å². The summed E-state index contributed by atoms with van der Waals surface area (Å²) < 4.78 is 5.88. The summed E-state index contributed by atoms with van der Waals surface area (Å²) >= 11 is 6.00. The molecule has 0 saturated carbocycles. The Hall–Kier alpha value is -2.48. The lowest BCUT2D eigenvalue weighted by molar-refractivity contribution is -0.384. The molecule has 0 aromatic heterocycles. The molecule has 1 aliphatic heterocycles. The third kappa shape index (κ3) is 6.00. The third-order valence-corrected chi connectivity index (χ3v) is 5.24. The number of nitro benzene ring substituents is 1. The van der Waals surface area contributed by atoms with Crippen LogP contribution in [0.4, 0.5) is 5.69 Å². The molecule has 1 amide bonds. The first-order valence-corrected chi connectivity index (χ1v) is 10.0. The summed E-state index contributed by atoms with van der Waals surface area (Å²) in [6, 6.07) is 14.1. The maximum atomic E-state index is 12.3. The van der Waals surface area contributed by atoms with Gasteiger partial charge >= 0.3 is 0 Å². The number of hydrogen-bond acceptors (Lipinski definition) is 5. The molecule has 2 aromatic rings. The molecule has 8 heteroatoms. The molecular formula is C21H24ClN3O4. The molecule has 0 spiro atoms. The highest BCUT2D eigenvalue weighted by Gasteiger charge is 2.21. The van der Waals surface area contributed by atoms with Gasteiger partial charge in [0.05, 0.1) is 28.2 Å². The minimum atomic E-state index is -0.544. The Labute approximate surface area is 174 Å². The van der Waals surface area contributed by atoms with Crippen LogP contribution in [0.15, 0.2) is 48.5 Å². The number of nitrogens with zero attached hydrogens (tertiary/aromatic N) is 2. The van der Waals surface area contributed by atoms with E-state index in [1.165, 1.54) is 23.8 Å². The molecule has 2 aromatic carbocycles. The molecule has 1 N–H and O–H groups in total. The fourth-order valence-electron chi connectivity index (χ4n) is 3.33. The van der Waals surface area contributed by atoms with Crippen molar-refractivity contribution < 1.29 is 14.5 Å². The number of carbonyl (C=O) groups is 1. The molecule has 0 bridgehead atoms. The minimum Gasteiger partial charge on any atom is -0.371 e. The van der Waals surface area contributed by atoms with E-state index in [1.807, 2.05) is 18.2 Å². The molecular weight excluding hydrogens is 394 g/mol. The lowest BCUT2D eigenvalue weighted by atomic mass is 10.1. The van der Waals surface area contributed by atoms with Gasteiger partial charge in [-0.2, -0.15) is 0 Å². The number of rotatable bonds is 8. The van der Waals surface area contributed by atoms with Crippen molar-refractivity contribution in [3.05, 3.63) is 74.8 Å². The average Bonchev–Trinajstić information content (AvgIpc) is 2.74. The highest BCUT2D eigenvalue weighted by molar-refractivity contribution is 6.33. The Kier molecular flexibility index (Phi) is 7.57. The zero-order valence-electron chi connectivity index (χ0n) is 16.1. The number of morpholine rings is 1. The first-order valence-electron chi connectivity index (χ1n) is 9.65. The number of nitro groups is 1. The molecule has 154 valence electrons. The number of halogens is 1. The second kappa shape index (κ2) is 10.3. The summed E-state index contributed by atoms with van der Waals surface area (Å²) in [6.07, 6.45) is 1.84. The number of non-ortho nitro benzene ring substituents is 1. The maximum absolute atomic E-state index is 12.3. The lowest BCUT2D eigenvalue weighted by Gasteiger charge is -2.33. The number of ether oxygens (including phenoxy) is 1. The smallest absolute Gasteiger partial charge is 0.270 e. The van der Waals surface area contributed by atoms with Gasteiger partial charge in [-0.3, -0.25) is 19.8 Å². The summed E-state index contributed by atoms with van der Waals surface area (Å²) in [5.41, 5.74) is 1.16. The Bertz CT molecular complexity index is 847. The Morgan fingerprint density at radius 3 is 2.79 bits per heavy atom. The maximum Gasteiger partial charge on any atom is 0.270 e. The summed E-state index contributed by atoms with van der Waals surface area (Å²) in [6.45, 7) is 3.89. The molecule has 1 saturated heterocycles. The van der Waals surface area contributed by atoms with E-state index in [9.17, 15) is 14.9 Å². The Morgan fingerprint density at radius 2 is 2.03 bits per heavy atom. The van der Waals surface area contributed by atoms with E-state index in [0.717, 1.165) is 32.5 Å².